The van der Waals surface area contributed by atoms with Crippen LogP contribution in [0.5, 0.6) is 11.5 Å². The summed E-state index contributed by atoms with van der Waals surface area (Å²) in [5.74, 6) is -0.288. The zero-order valence-corrected chi connectivity index (χ0v) is 16.8. The molecule has 0 bridgehead atoms. The first-order valence-electron chi connectivity index (χ1n) is 9.91. The van der Waals surface area contributed by atoms with E-state index < -0.39 is 11.6 Å². The summed E-state index contributed by atoms with van der Waals surface area (Å²) in [7, 11) is 3.27. The van der Waals surface area contributed by atoms with Crippen LogP contribution in [0.2, 0.25) is 0 Å². The normalized spacial score (nSPS) is 19.9. The maximum Gasteiger partial charge on any atom is 0.161 e. The number of benzene rings is 3. The molecule has 0 aromatic heterocycles. The van der Waals surface area contributed by atoms with Crippen LogP contribution in [0.4, 0.5) is 14.5 Å². The van der Waals surface area contributed by atoms with E-state index in [1.165, 1.54) is 17.7 Å². The minimum absolute atomic E-state index is 0.0379. The maximum atomic E-state index is 14.0. The number of anilines is 1. The molecule has 0 fully saturated rings. The van der Waals surface area contributed by atoms with E-state index in [1.807, 2.05) is 30.3 Å². The molecule has 0 aliphatic carbocycles. The molecule has 0 saturated carbocycles. The molecule has 3 aromatic rings. The van der Waals surface area contributed by atoms with Gasteiger partial charge in [0.25, 0.3) is 0 Å². The fourth-order valence-corrected chi connectivity index (χ4v) is 4.64. The van der Waals surface area contributed by atoms with Gasteiger partial charge in [-0.1, -0.05) is 24.3 Å². The second-order valence-corrected chi connectivity index (χ2v) is 7.60. The maximum absolute atomic E-state index is 14.0. The summed E-state index contributed by atoms with van der Waals surface area (Å²) in [6, 6.07) is 16.3. The van der Waals surface area contributed by atoms with Gasteiger partial charge in [0, 0.05) is 12.2 Å². The van der Waals surface area contributed by atoms with E-state index in [0.717, 1.165) is 29.8 Å². The number of fused-ring (bicyclic) bond motifs is 5. The lowest BCUT2D eigenvalue weighted by Gasteiger charge is -2.47. The first kappa shape index (κ1) is 18.9. The summed E-state index contributed by atoms with van der Waals surface area (Å²) >= 11 is 0. The van der Waals surface area contributed by atoms with Gasteiger partial charge >= 0.3 is 0 Å². The van der Waals surface area contributed by atoms with Crippen molar-refractivity contribution in [1.29, 1.82) is 0 Å². The lowest BCUT2D eigenvalue weighted by atomic mass is 9.84. The van der Waals surface area contributed by atoms with Crippen molar-refractivity contribution in [3.05, 3.63) is 88.5 Å². The van der Waals surface area contributed by atoms with Crippen LogP contribution in [0.1, 0.15) is 34.5 Å². The fourth-order valence-electron chi connectivity index (χ4n) is 4.64. The van der Waals surface area contributed by atoms with Gasteiger partial charge in [0.1, 0.15) is 6.17 Å². The van der Waals surface area contributed by atoms with Crippen molar-refractivity contribution in [1.82, 2.24) is 4.90 Å². The number of hydrogen-bond acceptors (Lipinski definition) is 4. The molecule has 5 rings (SSSR count). The molecule has 0 saturated heterocycles. The van der Waals surface area contributed by atoms with Gasteiger partial charge in [-0.05, 0) is 59.0 Å². The standard InChI is InChI=1S/C24H22F2N2O2/c1-29-21-12-14-9-10-28-23(17(14)13-22(21)30-2)16-5-3-4-6-20(16)27-24(28)15-7-8-18(25)19(26)11-15/h3-8,11-13,23-24,27H,9-10H2,1-2H3/t23-,24-/m0/s1. The van der Waals surface area contributed by atoms with Gasteiger partial charge in [-0.25, -0.2) is 8.78 Å². The van der Waals surface area contributed by atoms with Crippen LogP contribution in [0.15, 0.2) is 54.6 Å². The molecule has 2 atom stereocenters. The van der Waals surface area contributed by atoms with Crippen molar-refractivity contribution < 1.29 is 18.3 Å². The Morgan fingerprint density at radius 3 is 2.43 bits per heavy atom. The van der Waals surface area contributed by atoms with E-state index in [1.54, 1.807) is 20.3 Å². The fraction of sp³-hybridized carbons (Fsp3) is 0.250. The third kappa shape index (κ3) is 2.91. The van der Waals surface area contributed by atoms with Gasteiger partial charge < -0.3 is 14.8 Å². The molecule has 3 aromatic carbocycles. The molecule has 30 heavy (non-hydrogen) atoms. The van der Waals surface area contributed by atoms with E-state index in [9.17, 15) is 8.78 Å². The number of para-hydroxylation sites is 1. The SMILES string of the molecule is COc1cc2c(cc1OC)[C@@H]1c3ccccc3N[C@H](c3ccc(F)c(F)c3)N1CC2. The van der Waals surface area contributed by atoms with E-state index in [0.29, 0.717) is 17.1 Å². The quantitative estimate of drug-likeness (QED) is 0.657. The summed E-state index contributed by atoms with van der Waals surface area (Å²) in [5, 5.41) is 3.52. The number of halogens is 2. The number of ether oxygens (including phenoxy) is 2. The van der Waals surface area contributed by atoms with Gasteiger partial charge in [-0.3, -0.25) is 4.90 Å². The molecule has 0 radical (unpaired) electrons. The molecule has 6 heteroatoms. The molecule has 2 aliphatic rings. The van der Waals surface area contributed by atoms with Crippen LogP contribution in [-0.2, 0) is 6.42 Å². The zero-order valence-electron chi connectivity index (χ0n) is 16.8. The Labute approximate surface area is 174 Å². The molecule has 0 spiro atoms. The number of rotatable bonds is 3. The van der Waals surface area contributed by atoms with E-state index in [-0.39, 0.29) is 12.2 Å². The minimum atomic E-state index is -0.840. The Bertz CT molecular complexity index is 1120. The topological polar surface area (TPSA) is 33.7 Å². The molecule has 1 N–H and O–H groups in total. The van der Waals surface area contributed by atoms with Crippen LogP contribution < -0.4 is 14.8 Å². The van der Waals surface area contributed by atoms with Crippen LogP contribution in [0, 0.1) is 11.6 Å². The third-order valence-electron chi connectivity index (χ3n) is 6.05. The van der Waals surface area contributed by atoms with Crippen molar-refractivity contribution in [2.75, 3.05) is 26.1 Å². The van der Waals surface area contributed by atoms with Gasteiger partial charge in [-0.15, -0.1) is 0 Å². The summed E-state index contributed by atoms with van der Waals surface area (Å²) in [5.41, 5.74) is 5.16. The summed E-state index contributed by atoms with van der Waals surface area (Å²) < 4.78 is 38.6. The molecule has 0 unspecified atom stereocenters. The molecular formula is C24H22F2N2O2. The molecule has 2 heterocycles. The Kier molecular flexibility index (Phi) is 4.59. The van der Waals surface area contributed by atoms with Gasteiger partial charge in [0.2, 0.25) is 0 Å². The Morgan fingerprint density at radius 2 is 1.67 bits per heavy atom. The van der Waals surface area contributed by atoms with E-state index >= 15 is 0 Å². The van der Waals surface area contributed by atoms with Crippen molar-refractivity contribution in [2.24, 2.45) is 0 Å². The number of methoxy groups -OCH3 is 2. The van der Waals surface area contributed by atoms with Gasteiger partial charge in [-0.2, -0.15) is 0 Å². The molecule has 0 amide bonds. The first-order chi connectivity index (χ1) is 14.6. The first-order valence-corrected chi connectivity index (χ1v) is 9.91. The number of nitrogens with zero attached hydrogens (tertiary/aromatic N) is 1. The highest BCUT2D eigenvalue weighted by Crippen LogP contribution is 2.48. The van der Waals surface area contributed by atoms with E-state index in [2.05, 4.69) is 16.3 Å². The van der Waals surface area contributed by atoms with Crippen molar-refractivity contribution in [3.8, 4) is 11.5 Å². The molecule has 4 nitrogen and oxygen atoms in total. The van der Waals surface area contributed by atoms with Crippen molar-refractivity contribution in [3.63, 3.8) is 0 Å². The smallest absolute Gasteiger partial charge is 0.161 e. The Balaban J connectivity index is 1.68. The summed E-state index contributed by atoms with van der Waals surface area (Å²) in [6.45, 7) is 0.762. The highest BCUT2D eigenvalue weighted by atomic mass is 19.2. The average Bonchev–Trinajstić information content (AvgIpc) is 2.78. The largest absolute Gasteiger partial charge is 0.493 e. The third-order valence-corrected chi connectivity index (χ3v) is 6.05. The second-order valence-electron chi connectivity index (χ2n) is 7.60. The van der Waals surface area contributed by atoms with Crippen LogP contribution >= 0.6 is 0 Å². The average molecular weight is 408 g/mol. The summed E-state index contributed by atoms with van der Waals surface area (Å²) in [4.78, 5) is 2.29. The molecule has 154 valence electrons. The highest BCUT2D eigenvalue weighted by Gasteiger charge is 2.39. The summed E-state index contributed by atoms with van der Waals surface area (Å²) in [6.07, 6.45) is 0.539. The molecule has 2 aliphatic heterocycles. The second kappa shape index (κ2) is 7.29. The number of nitrogens with one attached hydrogen (secondary N) is 1. The Morgan fingerprint density at radius 1 is 0.900 bits per heavy atom. The molecular weight excluding hydrogens is 386 g/mol. The Hall–Kier alpha value is -3.12. The van der Waals surface area contributed by atoms with Crippen LogP contribution in [0.25, 0.3) is 0 Å². The lowest BCUT2D eigenvalue weighted by molar-refractivity contribution is 0.153. The van der Waals surface area contributed by atoms with Gasteiger partial charge in [0.15, 0.2) is 23.1 Å². The predicted octanol–water partition coefficient (Wildman–Crippen LogP) is 5.05. The highest BCUT2D eigenvalue weighted by molar-refractivity contribution is 5.61. The van der Waals surface area contributed by atoms with Gasteiger partial charge in [0.05, 0.1) is 20.3 Å². The van der Waals surface area contributed by atoms with E-state index in [4.69, 9.17) is 9.47 Å². The zero-order chi connectivity index (χ0) is 20.8. The van der Waals surface area contributed by atoms with Crippen LogP contribution in [-0.4, -0.2) is 25.7 Å². The lowest BCUT2D eigenvalue weighted by Crippen LogP contribution is -2.45. The van der Waals surface area contributed by atoms with Crippen molar-refractivity contribution in [2.45, 2.75) is 18.6 Å². The number of hydrogen-bond donors (Lipinski definition) is 1. The van der Waals surface area contributed by atoms with Crippen LogP contribution in [0.3, 0.4) is 0 Å². The minimum Gasteiger partial charge on any atom is -0.493 e. The monoisotopic (exact) mass is 408 g/mol. The predicted molar refractivity (Wildman–Crippen MR) is 111 cm³/mol. The van der Waals surface area contributed by atoms with Crippen molar-refractivity contribution >= 4 is 5.69 Å².